The molecule has 0 bridgehead atoms. The number of hydrogen-bond donors (Lipinski definition) is 1. The van der Waals surface area contributed by atoms with Crippen LogP contribution in [0.5, 0.6) is 11.5 Å². The Balaban J connectivity index is 0.00000147. The van der Waals surface area contributed by atoms with Gasteiger partial charge in [-0.2, -0.15) is 0 Å². The van der Waals surface area contributed by atoms with Crippen LogP contribution in [0.2, 0.25) is 0 Å². The molecule has 2 aliphatic rings. The number of rotatable bonds is 3. The summed E-state index contributed by atoms with van der Waals surface area (Å²) in [5, 5.41) is 3.70. The van der Waals surface area contributed by atoms with Crippen LogP contribution in [-0.4, -0.2) is 26.8 Å². The van der Waals surface area contributed by atoms with Gasteiger partial charge in [0, 0.05) is 18.5 Å². The highest BCUT2D eigenvalue weighted by Gasteiger charge is 2.37. The predicted molar refractivity (Wildman–Crippen MR) is 83.3 cm³/mol. The van der Waals surface area contributed by atoms with Gasteiger partial charge in [-0.1, -0.05) is 18.9 Å². The van der Waals surface area contributed by atoms with Gasteiger partial charge in [0.15, 0.2) is 11.5 Å². The topological polar surface area (TPSA) is 30.5 Å². The lowest BCUT2D eigenvalue weighted by Crippen LogP contribution is -2.29. The van der Waals surface area contributed by atoms with E-state index in [2.05, 4.69) is 17.4 Å². The highest BCUT2D eigenvalue weighted by Crippen LogP contribution is 2.42. The van der Waals surface area contributed by atoms with Crippen molar-refractivity contribution in [1.29, 1.82) is 0 Å². The first-order valence-corrected chi connectivity index (χ1v) is 7.29. The van der Waals surface area contributed by atoms with Crippen LogP contribution in [0.15, 0.2) is 18.2 Å². The maximum absolute atomic E-state index is 5.43. The molecule has 20 heavy (non-hydrogen) atoms. The lowest BCUT2D eigenvalue weighted by atomic mass is 9.77. The fraction of sp³-hybridized carbons (Fsp3) is 0.625. The van der Waals surface area contributed by atoms with Gasteiger partial charge in [-0.3, -0.25) is 0 Å². The van der Waals surface area contributed by atoms with Crippen LogP contribution in [0.4, 0.5) is 0 Å². The molecule has 2 fully saturated rings. The van der Waals surface area contributed by atoms with Crippen molar-refractivity contribution in [3.63, 3.8) is 0 Å². The highest BCUT2D eigenvalue weighted by molar-refractivity contribution is 5.85. The Labute approximate surface area is 127 Å². The molecule has 0 amide bonds. The molecule has 1 aromatic carbocycles. The molecule has 1 heterocycles. The molecule has 3 unspecified atom stereocenters. The summed E-state index contributed by atoms with van der Waals surface area (Å²) in [5.74, 6) is 3.09. The number of ether oxygens (including phenoxy) is 2. The van der Waals surface area contributed by atoms with E-state index in [1.54, 1.807) is 14.2 Å². The zero-order chi connectivity index (χ0) is 13.2. The third-order valence-electron chi connectivity index (χ3n) is 4.77. The Hall–Kier alpha value is -0.930. The minimum absolute atomic E-state index is 0. The van der Waals surface area contributed by atoms with Crippen molar-refractivity contribution < 1.29 is 9.47 Å². The van der Waals surface area contributed by atoms with Crippen LogP contribution >= 0.6 is 12.4 Å². The second kappa shape index (κ2) is 6.68. The molecule has 1 aliphatic carbocycles. The van der Waals surface area contributed by atoms with Crippen LogP contribution < -0.4 is 14.8 Å². The van der Waals surface area contributed by atoms with Crippen LogP contribution in [-0.2, 0) is 0 Å². The minimum atomic E-state index is 0. The molecular formula is C16H24ClNO2. The van der Waals surface area contributed by atoms with Gasteiger partial charge in [-0.25, -0.2) is 0 Å². The number of nitrogens with one attached hydrogen (secondary N) is 1. The maximum Gasteiger partial charge on any atom is 0.160 e. The van der Waals surface area contributed by atoms with E-state index >= 15 is 0 Å². The van der Waals surface area contributed by atoms with Gasteiger partial charge in [0.1, 0.15) is 0 Å². The molecule has 3 atom stereocenters. The van der Waals surface area contributed by atoms with E-state index in [1.165, 1.54) is 31.2 Å². The van der Waals surface area contributed by atoms with Gasteiger partial charge in [-0.05, 0) is 36.5 Å². The molecule has 0 spiro atoms. The lowest BCUT2D eigenvalue weighted by Gasteiger charge is -2.28. The molecule has 1 aliphatic heterocycles. The Morgan fingerprint density at radius 3 is 2.55 bits per heavy atom. The first-order chi connectivity index (χ1) is 9.33. The molecule has 1 saturated carbocycles. The molecule has 4 heteroatoms. The summed E-state index contributed by atoms with van der Waals surface area (Å²) < 4.78 is 10.7. The summed E-state index contributed by atoms with van der Waals surface area (Å²) in [6.07, 6.45) is 5.46. The second-order valence-corrected chi connectivity index (χ2v) is 5.68. The van der Waals surface area contributed by atoms with Crippen molar-refractivity contribution in [2.24, 2.45) is 5.92 Å². The number of halogens is 1. The smallest absolute Gasteiger partial charge is 0.160 e. The van der Waals surface area contributed by atoms with Crippen molar-refractivity contribution in [3.8, 4) is 11.5 Å². The van der Waals surface area contributed by atoms with Crippen molar-refractivity contribution in [1.82, 2.24) is 5.32 Å². The Morgan fingerprint density at radius 1 is 1.05 bits per heavy atom. The molecule has 1 saturated heterocycles. The molecule has 1 N–H and O–H groups in total. The molecule has 0 radical (unpaired) electrons. The summed E-state index contributed by atoms with van der Waals surface area (Å²) in [6, 6.07) is 7.11. The summed E-state index contributed by atoms with van der Waals surface area (Å²) in [4.78, 5) is 0. The highest BCUT2D eigenvalue weighted by atomic mass is 35.5. The summed E-state index contributed by atoms with van der Waals surface area (Å²) >= 11 is 0. The number of hydrogen-bond acceptors (Lipinski definition) is 3. The van der Waals surface area contributed by atoms with Crippen LogP contribution in [0.25, 0.3) is 0 Å². The maximum atomic E-state index is 5.43. The zero-order valence-electron chi connectivity index (χ0n) is 12.2. The van der Waals surface area contributed by atoms with Crippen molar-refractivity contribution >= 4 is 12.4 Å². The zero-order valence-corrected chi connectivity index (χ0v) is 13.0. The van der Waals surface area contributed by atoms with E-state index < -0.39 is 0 Å². The minimum Gasteiger partial charge on any atom is -0.493 e. The van der Waals surface area contributed by atoms with Gasteiger partial charge in [0.2, 0.25) is 0 Å². The summed E-state index contributed by atoms with van der Waals surface area (Å²) in [5.41, 5.74) is 1.39. The van der Waals surface area contributed by atoms with E-state index in [0.717, 1.165) is 30.0 Å². The Kier molecular flexibility index (Phi) is 5.17. The molecular weight excluding hydrogens is 274 g/mol. The molecule has 0 aromatic heterocycles. The summed E-state index contributed by atoms with van der Waals surface area (Å²) in [6.45, 7) is 1.10. The summed E-state index contributed by atoms with van der Waals surface area (Å²) in [7, 11) is 3.39. The van der Waals surface area contributed by atoms with Crippen LogP contribution in [0.1, 0.15) is 37.2 Å². The Bertz CT molecular complexity index is 452. The molecule has 112 valence electrons. The number of methoxy groups -OCH3 is 2. The van der Waals surface area contributed by atoms with Crippen LogP contribution in [0.3, 0.4) is 0 Å². The average Bonchev–Trinajstić information content (AvgIpc) is 2.90. The third kappa shape index (κ3) is 2.75. The van der Waals surface area contributed by atoms with Gasteiger partial charge in [-0.15, -0.1) is 12.4 Å². The van der Waals surface area contributed by atoms with Crippen LogP contribution in [0, 0.1) is 5.92 Å². The molecule has 1 aromatic rings. The van der Waals surface area contributed by atoms with E-state index in [4.69, 9.17) is 9.47 Å². The Morgan fingerprint density at radius 2 is 1.80 bits per heavy atom. The quantitative estimate of drug-likeness (QED) is 0.928. The normalized spacial score (nSPS) is 28.4. The second-order valence-electron chi connectivity index (χ2n) is 5.68. The van der Waals surface area contributed by atoms with Crippen molar-refractivity contribution in [2.75, 3.05) is 20.8 Å². The van der Waals surface area contributed by atoms with Gasteiger partial charge >= 0.3 is 0 Å². The van der Waals surface area contributed by atoms with E-state index in [1.807, 2.05) is 6.07 Å². The largest absolute Gasteiger partial charge is 0.493 e. The fourth-order valence-electron chi connectivity index (χ4n) is 3.77. The van der Waals surface area contributed by atoms with Gasteiger partial charge in [0.25, 0.3) is 0 Å². The SMILES string of the molecule is COc1ccc(C2CNC3CCCCC32)cc1OC.Cl. The number of benzene rings is 1. The van der Waals surface area contributed by atoms with Crippen molar-refractivity contribution in [3.05, 3.63) is 23.8 Å². The lowest BCUT2D eigenvalue weighted by molar-refractivity contribution is 0.307. The fourth-order valence-corrected chi connectivity index (χ4v) is 3.77. The van der Waals surface area contributed by atoms with E-state index in [0.29, 0.717) is 5.92 Å². The standard InChI is InChI=1S/C16H23NO2.ClH/c1-18-15-8-7-11(9-16(15)19-2)13-10-17-14-6-4-3-5-12(13)14;/h7-9,12-14,17H,3-6,10H2,1-2H3;1H. The van der Waals surface area contributed by atoms with Gasteiger partial charge in [0.05, 0.1) is 14.2 Å². The van der Waals surface area contributed by atoms with Gasteiger partial charge < -0.3 is 14.8 Å². The van der Waals surface area contributed by atoms with E-state index in [-0.39, 0.29) is 12.4 Å². The number of fused-ring (bicyclic) bond motifs is 1. The first kappa shape index (κ1) is 15.5. The molecule has 3 nitrogen and oxygen atoms in total. The monoisotopic (exact) mass is 297 g/mol. The average molecular weight is 298 g/mol. The first-order valence-electron chi connectivity index (χ1n) is 7.29. The predicted octanol–water partition coefficient (Wildman–Crippen LogP) is 3.37. The third-order valence-corrected chi connectivity index (χ3v) is 4.77. The van der Waals surface area contributed by atoms with E-state index in [9.17, 15) is 0 Å². The van der Waals surface area contributed by atoms with Crippen molar-refractivity contribution in [2.45, 2.75) is 37.6 Å². The molecule has 3 rings (SSSR count).